The fraction of sp³-hybridized carbons (Fsp3) is 0.233. The Bertz CT molecular complexity index is 1660. The number of rotatable bonds is 3. The number of halogens is 2. The highest BCUT2D eigenvalue weighted by molar-refractivity contribution is 6.42. The van der Waals surface area contributed by atoms with E-state index in [1.807, 2.05) is 68.4 Å². The maximum Gasteiger partial charge on any atom is 0.428 e. The van der Waals surface area contributed by atoms with Crippen LogP contribution in [0.5, 0.6) is 0 Å². The van der Waals surface area contributed by atoms with Crippen molar-refractivity contribution in [2.24, 2.45) is 0 Å². The van der Waals surface area contributed by atoms with Gasteiger partial charge < -0.3 is 5.32 Å². The van der Waals surface area contributed by atoms with Crippen molar-refractivity contribution in [2.45, 2.75) is 38.8 Å². The van der Waals surface area contributed by atoms with Gasteiger partial charge in [0.1, 0.15) is 23.5 Å². The fourth-order valence-corrected chi connectivity index (χ4v) is 6.26. The first-order valence-electron chi connectivity index (χ1n) is 13.0. The molecule has 4 aromatic rings. The van der Waals surface area contributed by atoms with E-state index >= 15 is 0 Å². The molecule has 3 heterocycles. The molecule has 6 rings (SSSR count). The smallest absolute Gasteiger partial charge is 0.344 e. The number of hydrogen-bond acceptors (Lipinski definition) is 4. The number of urea groups is 1. The van der Waals surface area contributed by atoms with Gasteiger partial charge in [-0.3, -0.25) is 5.32 Å². The summed E-state index contributed by atoms with van der Waals surface area (Å²) < 4.78 is 1.44. The second kappa shape index (κ2) is 9.83. The Kier molecular flexibility index (Phi) is 6.46. The fourth-order valence-electron chi connectivity index (χ4n) is 5.95. The molecule has 0 radical (unpaired) electrons. The van der Waals surface area contributed by atoms with Crippen LogP contribution in [-0.2, 0) is 4.79 Å². The number of fused-ring (bicyclic) bond motifs is 2. The van der Waals surface area contributed by atoms with Crippen LogP contribution in [0.4, 0.5) is 16.3 Å². The molecule has 0 spiro atoms. The summed E-state index contributed by atoms with van der Waals surface area (Å²) in [6, 6.07) is 19.8. The van der Waals surface area contributed by atoms with Crippen LogP contribution in [0.25, 0.3) is 10.8 Å². The van der Waals surface area contributed by atoms with Crippen molar-refractivity contribution >= 4 is 57.4 Å². The zero-order valence-corrected chi connectivity index (χ0v) is 23.1. The summed E-state index contributed by atoms with van der Waals surface area (Å²) in [5, 5.41) is 13.8. The minimum atomic E-state index is -0.574. The molecule has 2 aliphatic heterocycles. The summed E-state index contributed by atoms with van der Waals surface area (Å²) in [5.41, 5.74) is 2.58. The first kappa shape index (κ1) is 25.6. The molecule has 2 unspecified atom stereocenters. The molecule has 1 aromatic heterocycles. The summed E-state index contributed by atoms with van der Waals surface area (Å²) in [6.07, 6.45) is 3.21. The lowest BCUT2D eigenvalue weighted by Crippen LogP contribution is -2.62. The number of amides is 3. The normalized spacial score (nSPS) is 22.5. The predicted octanol–water partition coefficient (Wildman–Crippen LogP) is 7.39. The van der Waals surface area contributed by atoms with Crippen molar-refractivity contribution in [3.63, 3.8) is 0 Å². The number of allylic oxidation sites excluding steroid dienone is 1. The number of aromatic nitrogens is 2. The van der Waals surface area contributed by atoms with Crippen molar-refractivity contribution in [1.29, 1.82) is 0 Å². The van der Waals surface area contributed by atoms with Gasteiger partial charge >= 0.3 is 11.9 Å². The van der Waals surface area contributed by atoms with Gasteiger partial charge in [0.15, 0.2) is 0 Å². The van der Waals surface area contributed by atoms with Crippen LogP contribution in [0.15, 0.2) is 84.2 Å². The number of imide groups is 1. The molecule has 9 heteroatoms. The third kappa shape index (κ3) is 4.22. The van der Waals surface area contributed by atoms with Gasteiger partial charge in [0, 0.05) is 30.3 Å². The average Bonchev–Trinajstić information content (AvgIpc) is 3.55. The Hall–Kier alpha value is -3.65. The van der Waals surface area contributed by atoms with Crippen LogP contribution in [0.1, 0.15) is 38.3 Å². The van der Waals surface area contributed by atoms with E-state index in [4.69, 9.17) is 23.2 Å². The SMILES string of the molecule is CC1=C(C(=O)[N+]2(C(=O)Nc3ccc4ccccc4c3)CCC[C@H]2C)C(c2ccc(Cl)c(Cl)c2)n2nccc2N1. The van der Waals surface area contributed by atoms with E-state index < -0.39 is 6.04 Å². The molecule has 2 aliphatic rings. The Morgan fingerprint density at radius 1 is 1.03 bits per heavy atom. The quantitative estimate of drug-likeness (QED) is 0.256. The summed E-state index contributed by atoms with van der Waals surface area (Å²) in [6.45, 7) is 4.26. The summed E-state index contributed by atoms with van der Waals surface area (Å²) in [4.78, 5) is 28.9. The molecule has 3 atom stereocenters. The van der Waals surface area contributed by atoms with Crippen LogP contribution in [0.3, 0.4) is 0 Å². The Morgan fingerprint density at radius 2 is 1.82 bits per heavy atom. The first-order chi connectivity index (χ1) is 18.8. The maximum absolute atomic E-state index is 14.8. The van der Waals surface area contributed by atoms with Crippen LogP contribution in [0.2, 0.25) is 10.0 Å². The Balaban J connectivity index is 1.43. The highest BCUT2D eigenvalue weighted by atomic mass is 35.5. The molecule has 1 fully saturated rings. The molecule has 3 amide bonds. The second-order valence-corrected chi connectivity index (χ2v) is 11.1. The van der Waals surface area contributed by atoms with Crippen LogP contribution in [0, 0.1) is 0 Å². The molecule has 7 nitrogen and oxygen atoms in total. The molecule has 0 bridgehead atoms. The first-order valence-corrected chi connectivity index (χ1v) is 13.7. The topological polar surface area (TPSA) is 76.0 Å². The lowest BCUT2D eigenvalue weighted by Gasteiger charge is -2.37. The van der Waals surface area contributed by atoms with E-state index in [-0.39, 0.29) is 22.5 Å². The number of quaternary nitrogens is 1. The van der Waals surface area contributed by atoms with E-state index in [0.717, 1.165) is 35.0 Å². The monoisotopic (exact) mass is 560 g/mol. The zero-order valence-electron chi connectivity index (χ0n) is 21.6. The van der Waals surface area contributed by atoms with Crippen molar-refractivity contribution in [3.05, 3.63) is 99.8 Å². The van der Waals surface area contributed by atoms with Gasteiger partial charge in [0.25, 0.3) is 0 Å². The average molecular weight is 561 g/mol. The van der Waals surface area contributed by atoms with Gasteiger partial charge in [0.2, 0.25) is 0 Å². The Labute approximate surface area is 236 Å². The maximum atomic E-state index is 14.8. The zero-order chi connectivity index (χ0) is 27.3. The minimum Gasteiger partial charge on any atom is -0.344 e. The second-order valence-electron chi connectivity index (χ2n) is 10.3. The number of nitrogens with zero attached hydrogens (tertiary/aromatic N) is 3. The molecule has 39 heavy (non-hydrogen) atoms. The van der Waals surface area contributed by atoms with Crippen molar-refractivity contribution in [2.75, 3.05) is 17.2 Å². The van der Waals surface area contributed by atoms with Gasteiger partial charge in [0.05, 0.1) is 22.8 Å². The highest BCUT2D eigenvalue weighted by Gasteiger charge is 2.56. The molecular weight excluding hydrogens is 533 g/mol. The summed E-state index contributed by atoms with van der Waals surface area (Å²) >= 11 is 12.6. The molecule has 3 aromatic carbocycles. The van der Waals surface area contributed by atoms with Gasteiger partial charge in [-0.25, -0.2) is 14.3 Å². The number of hydrogen-bond donors (Lipinski definition) is 2. The van der Waals surface area contributed by atoms with Crippen LogP contribution >= 0.6 is 23.2 Å². The van der Waals surface area contributed by atoms with E-state index in [1.165, 1.54) is 0 Å². The van der Waals surface area contributed by atoms with Crippen LogP contribution < -0.4 is 10.6 Å². The number of anilines is 2. The van der Waals surface area contributed by atoms with Crippen molar-refractivity contribution in [3.8, 4) is 0 Å². The Morgan fingerprint density at radius 3 is 2.56 bits per heavy atom. The number of nitrogens with one attached hydrogen (secondary N) is 2. The van der Waals surface area contributed by atoms with E-state index in [9.17, 15) is 9.59 Å². The van der Waals surface area contributed by atoms with Gasteiger partial charge in [-0.2, -0.15) is 9.58 Å². The predicted molar refractivity (Wildman–Crippen MR) is 155 cm³/mol. The van der Waals surface area contributed by atoms with E-state index in [1.54, 1.807) is 23.0 Å². The highest BCUT2D eigenvalue weighted by Crippen LogP contribution is 2.42. The standard InChI is InChI=1S/C30H27Cl2N5O2/c1-18-6-5-15-37(18,30(39)35-23-11-9-20-7-3-4-8-21(20)16-23)29(38)27-19(2)34-26-13-14-33-36(26)28(27)22-10-12-24(31)25(32)17-22/h3-4,7-14,16-18,28H,5-6,15H2,1-2H3,(H-,33,34,35,38,39)/p+1/t18-,28?,37?/m1/s1. The minimum absolute atomic E-state index is 0.202. The van der Waals surface area contributed by atoms with E-state index in [2.05, 4.69) is 15.7 Å². The van der Waals surface area contributed by atoms with Crippen molar-refractivity contribution in [1.82, 2.24) is 9.78 Å². The number of benzene rings is 3. The summed E-state index contributed by atoms with van der Waals surface area (Å²) in [7, 11) is 0. The number of likely N-dealkylation sites (tertiary alicyclic amines) is 1. The molecule has 0 aliphatic carbocycles. The van der Waals surface area contributed by atoms with Crippen LogP contribution in [-0.4, -0.2) is 38.8 Å². The molecule has 0 saturated carbocycles. The largest absolute Gasteiger partial charge is 0.428 e. The number of carbonyl (C=O) groups is 2. The van der Waals surface area contributed by atoms with Gasteiger partial charge in [-0.05, 0) is 54.4 Å². The molecule has 198 valence electrons. The van der Waals surface area contributed by atoms with Crippen molar-refractivity contribution < 1.29 is 14.1 Å². The molecule has 2 N–H and O–H groups in total. The lowest BCUT2D eigenvalue weighted by molar-refractivity contribution is -0.780. The molecular formula is C30H28Cl2N5O2+. The van der Waals surface area contributed by atoms with E-state index in [0.29, 0.717) is 33.5 Å². The van der Waals surface area contributed by atoms with Gasteiger partial charge in [-0.15, -0.1) is 0 Å². The van der Waals surface area contributed by atoms with Gasteiger partial charge in [-0.1, -0.05) is 59.6 Å². The molecule has 1 saturated heterocycles. The summed E-state index contributed by atoms with van der Waals surface area (Å²) in [5.74, 6) is 0.502. The third-order valence-electron chi connectivity index (χ3n) is 8.01. The third-order valence-corrected chi connectivity index (χ3v) is 8.75. The lowest BCUT2D eigenvalue weighted by atomic mass is 9.93. The number of carbonyl (C=O) groups excluding carboxylic acids is 2.